The zero-order chi connectivity index (χ0) is 18.8. The van der Waals surface area contributed by atoms with Gasteiger partial charge in [0.25, 0.3) is 0 Å². The Morgan fingerprint density at radius 1 is 1.23 bits per heavy atom. The van der Waals surface area contributed by atoms with Crippen LogP contribution in [0.1, 0.15) is 31.2 Å². The molecule has 0 bridgehead atoms. The summed E-state index contributed by atoms with van der Waals surface area (Å²) in [5.74, 6) is 2.74. The second-order valence-corrected chi connectivity index (χ2v) is 6.40. The monoisotopic (exact) mass is 475 g/mol. The number of halogens is 1. The SMILES string of the molecule is C=CCN(CC=C)C(CNC(=NC)NCc1nc(C)c(C)o1)C(C)C.I. The highest BCUT2D eigenvalue weighted by Crippen LogP contribution is 2.11. The summed E-state index contributed by atoms with van der Waals surface area (Å²) in [4.78, 5) is 11.0. The molecule has 0 aromatic carbocycles. The highest BCUT2D eigenvalue weighted by atomic mass is 127. The molecule has 0 aliphatic rings. The van der Waals surface area contributed by atoms with Gasteiger partial charge in [0, 0.05) is 32.7 Å². The number of hydrogen-bond donors (Lipinski definition) is 2. The Hall–Kier alpha value is -1.35. The van der Waals surface area contributed by atoms with Crippen LogP contribution in [-0.4, -0.2) is 48.6 Å². The Labute approximate surface area is 175 Å². The van der Waals surface area contributed by atoms with Gasteiger partial charge in [0.1, 0.15) is 5.76 Å². The van der Waals surface area contributed by atoms with E-state index in [1.54, 1.807) is 7.05 Å². The smallest absolute Gasteiger partial charge is 0.214 e. The lowest BCUT2D eigenvalue weighted by molar-refractivity contribution is 0.190. The summed E-state index contributed by atoms with van der Waals surface area (Å²) in [6.07, 6.45) is 3.86. The number of aromatic nitrogens is 1. The normalized spacial score (nSPS) is 12.7. The van der Waals surface area contributed by atoms with Gasteiger partial charge in [0.15, 0.2) is 5.96 Å². The number of nitrogens with one attached hydrogen (secondary N) is 2. The molecule has 7 heteroatoms. The summed E-state index contributed by atoms with van der Waals surface area (Å²) in [6, 6.07) is 0.348. The van der Waals surface area contributed by atoms with Crippen LogP contribution in [0.15, 0.2) is 34.7 Å². The van der Waals surface area contributed by atoms with Crippen molar-refractivity contribution in [2.24, 2.45) is 10.9 Å². The third-order valence-corrected chi connectivity index (χ3v) is 4.15. The summed E-state index contributed by atoms with van der Waals surface area (Å²) < 4.78 is 5.59. The minimum absolute atomic E-state index is 0. The maximum atomic E-state index is 5.59. The number of rotatable bonds is 10. The van der Waals surface area contributed by atoms with Crippen LogP contribution in [0.5, 0.6) is 0 Å². The Balaban J connectivity index is 0.00000625. The van der Waals surface area contributed by atoms with E-state index in [1.165, 1.54) is 0 Å². The lowest BCUT2D eigenvalue weighted by Crippen LogP contribution is -2.49. The Morgan fingerprint density at radius 3 is 2.27 bits per heavy atom. The third-order valence-electron chi connectivity index (χ3n) is 4.15. The molecular formula is C19H34IN5O. The Kier molecular flexibility index (Phi) is 12.2. The van der Waals surface area contributed by atoms with Crippen LogP contribution in [0.2, 0.25) is 0 Å². The van der Waals surface area contributed by atoms with Crippen molar-refractivity contribution < 1.29 is 4.42 Å². The van der Waals surface area contributed by atoms with E-state index >= 15 is 0 Å². The molecule has 0 fully saturated rings. The standard InChI is InChI=1S/C19H33N5O.HI/c1-8-10-24(11-9-2)17(14(3)4)12-21-19(20-7)22-13-18-23-15(5)16(6)25-18;/h8-9,14,17H,1-2,10-13H2,3-7H3,(H2,20,21,22);1H. The highest BCUT2D eigenvalue weighted by Gasteiger charge is 2.20. The molecule has 0 saturated heterocycles. The van der Waals surface area contributed by atoms with Crippen molar-refractivity contribution in [3.8, 4) is 0 Å². The van der Waals surface area contributed by atoms with Crippen molar-refractivity contribution in [2.45, 2.75) is 40.3 Å². The van der Waals surface area contributed by atoms with Crippen molar-refractivity contribution in [1.29, 1.82) is 0 Å². The van der Waals surface area contributed by atoms with Gasteiger partial charge < -0.3 is 15.1 Å². The van der Waals surface area contributed by atoms with Crippen LogP contribution in [-0.2, 0) is 6.54 Å². The Morgan fingerprint density at radius 2 is 1.85 bits per heavy atom. The van der Waals surface area contributed by atoms with E-state index in [0.29, 0.717) is 24.4 Å². The number of guanidine groups is 1. The first kappa shape index (κ1) is 24.7. The molecule has 0 spiro atoms. The second-order valence-electron chi connectivity index (χ2n) is 6.40. The van der Waals surface area contributed by atoms with Crippen LogP contribution in [0.25, 0.3) is 0 Å². The third kappa shape index (κ3) is 7.90. The van der Waals surface area contributed by atoms with E-state index < -0.39 is 0 Å². The lowest BCUT2D eigenvalue weighted by Gasteiger charge is -2.33. The van der Waals surface area contributed by atoms with Gasteiger partial charge in [-0.2, -0.15) is 0 Å². The quantitative estimate of drug-likeness (QED) is 0.235. The molecule has 0 aliphatic heterocycles. The number of hydrogen-bond acceptors (Lipinski definition) is 4. The van der Waals surface area contributed by atoms with Gasteiger partial charge >= 0.3 is 0 Å². The van der Waals surface area contributed by atoms with Gasteiger partial charge in [-0.25, -0.2) is 4.98 Å². The van der Waals surface area contributed by atoms with Crippen LogP contribution in [0.3, 0.4) is 0 Å². The first-order valence-electron chi connectivity index (χ1n) is 8.76. The molecule has 0 amide bonds. The Bertz CT molecular complexity index is 553. The van der Waals surface area contributed by atoms with Crippen LogP contribution in [0.4, 0.5) is 0 Å². The van der Waals surface area contributed by atoms with Crippen LogP contribution in [0, 0.1) is 19.8 Å². The van der Waals surface area contributed by atoms with Crippen molar-refractivity contribution in [3.63, 3.8) is 0 Å². The van der Waals surface area contributed by atoms with E-state index in [-0.39, 0.29) is 24.0 Å². The topological polar surface area (TPSA) is 65.7 Å². The van der Waals surface area contributed by atoms with Crippen molar-refractivity contribution in [3.05, 3.63) is 42.7 Å². The molecule has 1 rings (SSSR count). The van der Waals surface area contributed by atoms with Crippen molar-refractivity contribution >= 4 is 29.9 Å². The predicted octanol–water partition coefficient (Wildman–Crippen LogP) is 3.27. The van der Waals surface area contributed by atoms with Gasteiger partial charge in [-0.1, -0.05) is 26.0 Å². The summed E-state index contributed by atoms with van der Waals surface area (Å²) in [5, 5.41) is 6.65. The first-order valence-corrected chi connectivity index (χ1v) is 8.76. The fraction of sp³-hybridized carbons (Fsp3) is 0.579. The number of aryl methyl sites for hydroxylation is 2. The van der Waals surface area contributed by atoms with E-state index in [0.717, 1.165) is 37.0 Å². The molecule has 26 heavy (non-hydrogen) atoms. The van der Waals surface area contributed by atoms with Gasteiger partial charge in [-0.05, 0) is 19.8 Å². The highest BCUT2D eigenvalue weighted by molar-refractivity contribution is 14.0. The molecule has 6 nitrogen and oxygen atoms in total. The largest absolute Gasteiger partial charge is 0.444 e. The van der Waals surface area contributed by atoms with Gasteiger partial charge in [0.05, 0.1) is 12.2 Å². The van der Waals surface area contributed by atoms with Crippen LogP contribution >= 0.6 is 24.0 Å². The van der Waals surface area contributed by atoms with E-state index in [1.807, 2.05) is 26.0 Å². The van der Waals surface area contributed by atoms with Crippen molar-refractivity contribution in [2.75, 3.05) is 26.7 Å². The molecule has 1 unspecified atom stereocenters. The minimum atomic E-state index is 0. The summed E-state index contributed by atoms with van der Waals surface area (Å²) >= 11 is 0. The molecule has 0 radical (unpaired) electrons. The average Bonchev–Trinajstić information content (AvgIpc) is 2.88. The van der Waals surface area contributed by atoms with E-state index in [2.05, 4.69) is 52.5 Å². The molecule has 0 aliphatic carbocycles. The number of nitrogens with zero attached hydrogens (tertiary/aromatic N) is 3. The zero-order valence-electron chi connectivity index (χ0n) is 16.7. The molecule has 1 heterocycles. The summed E-state index contributed by atoms with van der Waals surface area (Å²) in [5.41, 5.74) is 0.920. The van der Waals surface area contributed by atoms with E-state index in [9.17, 15) is 0 Å². The lowest BCUT2D eigenvalue weighted by atomic mass is 10.0. The molecule has 0 saturated carbocycles. The molecule has 148 valence electrons. The van der Waals surface area contributed by atoms with Crippen molar-refractivity contribution in [1.82, 2.24) is 20.5 Å². The minimum Gasteiger partial charge on any atom is -0.444 e. The maximum absolute atomic E-state index is 5.59. The maximum Gasteiger partial charge on any atom is 0.214 e. The fourth-order valence-electron chi connectivity index (χ4n) is 2.66. The molecule has 1 atom stereocenters. The molecule has 2 N–H and O–H groups in total. The van der Waals surface area contributed by atoms with E-state index in [4.69, 9.17) is 4.42 Å². The first-order chi connectivity index (χ1) is 11.9. The molecule has 1 aromatic heterocycles. The fourth-order valence-corrected chi connectivity index (χ4v) is 2.66. The van der Waals surface area contributed by atoms with Crippen LogP contribution < -0.4 is 10.6 Å². The van der Waals surface area contributed by atoms with Gasteiger partial charge in [0.2, 0.25) is 5.89 Å². The predicted molar refractivity (Wildman–Crippen MR) is 120 cm³/mol. The number of aliphatic imine (C=N–C) groups is 1. The number of oxazole rings is 1. The summed E-state index contributed by atoms with van der Waals surface area (Å²) in [7, 11) is 1.76. The zero-order valence-corrected chi connectivity index (χ0v) is 19.0. The van der Waals surface area contributed by atoms with Gasteiger partial charge in [-0.3, -0.25) is 9.89 Å². The molecule has 1 aromatic rings. The average molecular weight is 475 g/mol. The molecular weight excluding hydrogens is 441 g/mol. The second kappa shape index (κ2) is 12.9. The summed E-state index contributed by atoms with van der Waals surface area (Å²) in [6.45, 7) is 19.0. The van der Waals surface area contributed by atoms with Gasteiger partial charge in [-0.15, -0.1) is 37.1 Å².